The Morgan fingerprint density at radius 3 is 2.23 bits per heavy atom. The molecule has 1 aliphatic carbocycles. The van der Waals surface area contributed by atoms with Crippen LogP contribution >= 0.6 is 0 Å². The van der Waals surface area contributed by atoms with E-state index in [2.05, 4.69) is 20.8 Å². The normalized spacial score (nSPS) is 30.5. The summed E-state index contributed by atoms with van der Waals surface area (Å²) in [4.78, 5) is 41.7. The number of imide groups is 1. The van der Waals surface area contributed by atoms with Gasteiger partial charge in [-0.05, 0) is 49.1 Å². The molecule has 0 spiro atoms. The molecule has 5 nitrogen and oxygen atoms in total. The van der Waals surface area contributed by atoms with Crippen LogP contribution in [0.3, 0.4) is 0 Å². The van der Waals surface area contributed by atoms with Gasteiger partial charge in [-0.1, -0.05) is 32.9 Å². The van der Waals surface area contributed by atoms with E-state index in [4.69, 9.17) is 0 Å². The zero-order valence-electron chi connectivity index (χ0n) is 15.9. The standard InChI is InChI=1S/C21H26N2O3/c1-13(23-18(25)15-7-5-6-8-16(15)19(23)26)17(24)22-12-21(4)10-14(22)9-20(2,3)11-21/h5-8,13-14H,9-12H2,1-4H3/t13-,14-,21-/m0/s1. The Balaban J connectivity index is 1.59. The van der Waals surface area contributed by atoms with Crippen molar-refractivity contribution in [3.63, 3.8) is 0 Å². The molecule has 138 valence electrons. The predicted octanol–water partition coefficient (Wildman–Crippen LogP) is 3.10. The van der Waals surface area contributed by atoms with Gasteiger partial charge in [-0.3, -0.25) is 19.3 Å². The van der Waals surface area contributed by atoms with E-state index in [0.717, 1.165) is 24.2 Å². The molecule has 4 rings (SSSR count). The van der Waals surface area contributed by atoms with Crippen molar-refractivity contribution in [2.45, 2.75) is 59.0 Å². The fraction of sp³-hybridized carbons (Fsp3) is 0.571. The zero-order valence-corrected chi connectivity index (χ0v) is 15.9. The topological polar surface area (TPSA) is 57.7 Å². The number of rotatable bonds is 2. The summed E-state index contributed by atoms with van der Waals surface area (Å²) in [5, 5.41) is 0. The minimum atomic E-state index is -0.770. The minimum Gasteiger partial charge on any atom is -0.337 e. The van der Waals surface area contributed by atoms with E-state index in [1.54, 1.807) is 31.2 Å². The summed E-state index contributed by atoms with van der Waals surface area (Å²) in [7, 11) is 0. The van der Waals surface area contributed by atoms with Gasteiger partial charge in [-0.2, -0.15) is 0 Å². The molecular weight excluding hydrogens is 328 g/mol. The lowest BCUT2D eigenvalue weighted by Crippen LogP contribution is -2.51. The lowest BCUT2D eigenvalue weighted by molar-refractivity contribution is -0.136. The number of carbonyl (C=O) groups excluding carboxylic acids is 3. The highest BCUT2D eigenvalue weighted by atomic mass is 16.2. The summed E-state index contributed by atoms with van der Waals surface area (Å²) in [6.45, 7) is 9.17. The van der Waals surface area contributed by atoms with Crippen LogP contribution in [-0.2, 0) is 4.79 Å². The van der Waals surface area contributed by atoms with E-state index < -0.39 is 6.04 Å². The molecule has 2 bridgehead atoms. The molecule has 0 N–H and O–H groups in total. The van der Waals surface area contributed by atoms with Crippen LogP contribution in [0.4, 0.5) is 0 Å². The quantitative estimate of drug-likeness (QED) is 0.767. The Kier molecular flexibility index (Phi) is 3.59. The second-order valence-electron chi connectivity index (χ2n) is 9.38. The fourth-order valence-corrected chi connectivity index (χ4v) is 5.63. The average Bonchev–Trinajstić information content (AvgIpc) is 2.96. The Hall–Kier alpha value is -2.17. The molecular formula is C21H26N2O3. The molecule has 3 atom stereocenters. The molecule has 2 aliphatic heterocycles. The van der Waals surface area contributed by atoms with Gasteiger partial charge in [-0.25, -0.2) is 0 Å². The number of hydrogen-bond acceptors (Lipinski definition) is 3. The first-order chi connectivity index (χ1) is 12.1. The van der Waals surface area contributed by atoms with Gasteiger partial charge in [0, 0.05) is 12.6 Å². The first-order valence-corrected chi connectivity index (χ1v) is 9.39. The van der Waals surface area contributed by atoms with Crippen molar-refractivity contribution in [3.05, 3.63) is 35.4 Å². The van der Waals surface area contributed by atoms with Crippen LogP contribution in [0.2, 0.25) is 0 Å². The van der Waals surface area contributed by atoms with Crippen molar-refractivity contribution in [2.24, 2.45) is 10.8 Å². The summed E-state index contributed by atoms with van der Waals surface area (Å²) in [6, 6.07) is 6.22. The molecule has 1 aromatic carbocycles. The van der Waals surface area contributed by atoms with Gasteiger partial charge in [0.2, 0.25) is 5.91 Å². The summed E-state index contributed by atoms with van der Waals surface area (Å²) >= 11 is 0. The molecule has 2 fully saturated rings. The lowest BCUT2D eigenvalue weighted by Gasteiger charge is -2.39. The van der Waals surface area contributed by atoms with Crippen molar-refractivity contribution in [3.8, 4) is 0 Å². The van der Waals surface area contributed by atoms with E-state index in [-0.39, 0.29) is 34.6 Å². The molecule has 26 heavy (non-hydrogen) atoms. The SMILES string of the molecule is C[C@@H](C(=O)N1C[C@@]2(C)C[C@@H]1CC(C)(C)C2)N1C(=O)c2ccccc2C1=O. The van der Waals surface area contributed by atoms with Crippen LogP contribution in [0, 0.1) is 10.8 Å². The number of fused-ring (bicyclic) bond motifs is 3. The third-order valence-electron chi connectivity index (χ3n) is 6.27. The number of hydrogen-bond donors (Lipinski definition) is 0. The van der Waals surface area contributed by atoms with Crippen molar-refractivity contribution < 1.29 is 14.4 Å². The van der Waals surface area contributed by atoms with Crippen LogP contribution in [0.25, 0.3) is 0 Å². The molecule has 1 aromatic rings. The average molecular weight is 354 g/mol. The van der Waals surface area contributed by atoms with Gasteiger partial charge in [0.25, 0.3) is 11.8 Å². The smallest absolute Gasteiger partial charge is 0.262 e. The Labute approximate surface area is 154 Å². The highest BCUT2D eigenvalue weighted by Crippen LogP contribution is 2.52. The second kappa shape index (κ2) is 5.41. The molecule has 0 radical (unpaired) electrons. The van der Waals surface area contributed by atoms with E-state index in [9.17, 15) is 14.4 Å². The second-order valence-corrected chi connectivity index (χ2v) is 9.38. The maximum Gasteiger partial charge on any atom is 0.262 e. The van der Waals surface area contributed by atoms with Gasteiger partial charge in [0.15, 0.2) is 0 Å². The Morgan fingerprint density at radius 1 is 1.08 bits per heavy atom. The molecule has 1 saturated heterocycles. The van der Waals surface area contributed by atoms with Gasteiger partial charge in [0.1, 0.15) is 6.04 Å². The summed E-state index contributed by atoms with van der Waals surface area (Å²) in [5.41, 5.74) is 1.13. The molecule has 5 heteroatoms. The molecule has 0 unspecified atom stereocenters. The first-order valence-electron chi connectivity index (χ1n) is 9.39. The van der Waals surface area contributed by atoms with E-state index in [0.29, 0.717) is 17.7 Å². The summed E-state index contributed by atoms with van der Waals surface area (Å²) in [6.07, 6.45) is 3.09. The molecule has 1 saturated carbocycles. The van der Waals surface area contributed by atoms with Crippen LogP contribution in [0.5, 0.6) is 0 Å². The van der Waals surface area contributed by atoms with E-state index >= 15 is 0 Å². The summed E-state index contributed by atoms with van der Waals surface area (Å²) < 4.78 is 0. The van der Waals surface area contributed by atoms with E-state index in [1.807, 2.05) is 4.90 Å². The largest absolute Gasteiger partial charge is 0.337 e. The number of benzene rings is 1. The van der Waals surface area contributed by atoms with Crippen LogP contribution in [-0.4, -0.2) is 46.1 Å². The fourth-order valence-electron chi connectivity index (χ4n) is 5.63. The third kappa shape index (κ3) is 2.48. The Morgan fingerprint density at radius 2 is 1.65 bits per heavy atom. The maximum absolute atomic E-state index is 13.3. The highest BCUT2D eigenvalue weighted by molar-refractivity contribution is 6.22. The predicted molar refractivity (Wildman–Crippen MR) is 97.6 cm³/mol. The highest BCUT2D eigenvalue weighted by Gasteiger charge is 2.52. The molecule has 2 heterocycles. The maximum atomic E-state index is 13.3. The third-order valence-corrected chi connectivity index (χ3v) is 6.27. The Bertz CT molecular complexity index is 780. The molecule has 0 aromatic heterocycles. The van der Waals surface area contributed by atoms with Gasteiger partial charge in [0.05, 0.1) is 11.1 Å². The van der Waals surface area contributed by atoms with Crippen LogP contribution in [0.1, 0.15) is 67.7 Å². The van der Waals surface area contributed by atoms with Crippen molar-refractivity contribution in [2.75, 3.05) is 6.54 Å². The van der Waals surface area contributed by atoms with Crippen molar-refractivity contribution in [1.29, 1.82) is 0 Å². The van der Waals surface area contributed by atoms with Crippen molar-refractivity contribution >= 4 is 17.7 Å². The molecule has 3 amide bonds. The van der Waals surface area contributed by atoms with E-state index in [1.165, 1.54) is 0 Å². The van der Waals surface area contributed by atoms with Crippen LogP contribution in [0.15, 0.2) is 24.3 Å². The first kappa shape index (κ1) is 17.3. The lowest BCUT2D eigenvalue weighted by atomic mass is 9.65. The summed E-state index contributed by atoms with van der Waals surface area (Å²) in [5.74, 6) is -0.828. The minimum absolute atomic E-state index is 0.106. The van der Waals surface area contributed by atoms with Gasteiger partial charge in [-0.15, -0.1) is 0 Å². The molecule has 3 aliphatic rings. The number of nitrogens with zero attached hydrogens (tertiary/aromatic N) is 2. The van der Waals surface area contributed by atoms with Crippen molar-refractivity contribution in [1.82, 2.24) is 9.80 Å². The van der Waals surface area contributed by atoms with Crippen LogP contribution < -0.4 is 0 Å². The number of amides is 3. The van der Waals surface area contributed by atoms with Gasteiger partial charge < -0.3 is 4.90 Å². The monoisotopic (exact) mass is 354 g/mol. The zero-order chi connectivity index (χ0) is 18.9. The number of carbonyl (C=O) groups is 3. The van der Waals surface area contributed by atoms with Gasteiger partial charge >= 0.3 is 0 Å². The number of likely N-dealkylation sites (tertiary alicyclic amines) is 1.